The standard InChI is InChI=1S/C11H12N2O3S/c1-8-6-9-4-3-5-10(11(9)12-7-8)17(14,15)13-16-2/h3-7,13H,1-2H3. The summed E-state index contributed by atoms with van der Waals surface area (Å²) < 4.78 is 23.7. The van der Waals surface area contributed by atoms with Gasteiger partial charge in [-0.25, -0.2) is 8.42 Å². The summed E-state index contributed by atoms with van der Waals surface area (Å²) in [4.78, 5) is 10.7. The van der Waals surface area contributed by atoms with Gasteiger partial charge in [0, 0.05) is 11.6 Å². The maximum absolute atomic E-state index is 11.9. The summed E-state index contributed by atoms with van der Waals surface area (Å²) in [6.45, 7) is 1.90. The number of fused-ring (bicyclic) bond motifs is 1. The summed E-state index contributed by atoms with van der Waals surface area (Å²) >= 11 is 0. The molecule has 2 aromatic rings. The number of nitrogens with zero attached hydrogens (tertiary/aromatic N) is 1. The van der Waals surface area contributed by atoms with Crippen molar-refractivity contribution in [3.8, 4) is 0 Å². The second kappa shape index (κ2) is 4.40. The molecule has 6 heteroatoms. The van der Waals surface area contributed by atoms with Gasteiger partial charge in [0.25, 0.3) is 10.0 Å². The fourth-order valence-electron chi connectivity index (χ4n) is 1.61. The second-order valence-electron chi connectivity index (χ2n) is 3.63. The Hall–Kier alpha value is -1.50. The molecule has 1 aromatic heterocycles. The van der Waals surface area contributed by atoms with Gasteiger partial charge >= 0.3 is 0 Å². The summed E-state index contributed by atoms with van der Waals surface area (Å²) in [5.74, 6) is 0. The van der Waals surface area contributed by atoms with Gasteiger partial charge in [-0.1, -0.05) is 17.0 Å². The largest absolute Gasteiger partial charge is 0.290 e. The number of aromatic nitrogens is 1. The highest BCUT2D eigenvalue weighted by Crippen LogP contribution is 2.21. The molecule has 0 unspecified atom stereocenters. The van der Waals surface area contributed by atoms with Crippen molar-refractivity contribution >= 4 is 20.9 Å². The van der Waals surface area contributed by atoms with Crippen LogP contribution in [0.25, 0.3) is 10.9 Å². The zero-order chi connectivity index (χ0) is 12.5. The lowest BCUT2D eigenvalue weighted by Crippen LogP contribution is -2.22. The normalized spacial score (nSPS) is 11.9. The highest BCUT2D eigenvalue weighted by atomic mass is 32.2. The minimum Gasteiger partial charge on any atom is -0.290 e. The number of hydrogen-bond acceptors (Lipinski definition) is 4. The Morgan fingerprint density at radius 1 is 1.35 bits per heavy atom. The number of pyridine rings is 1. The Bertz CT molecular complexity index is 653. The molecular weight excluding hydrogens is 240 g/mol. The number of benzene rings is 1. The van der Waals surface area contributed by atoms with Crippen LogP contribution < -0.4 is 4.89 Å². The summed E-state index contributed by atoms with van der Waals surface area (Å²) in [7, 11) is -2.43. The third kappa shape index (κ3) is 2.28. The van der Waals surface area contributed by atoms with Crippen LogP contribution >= 0.6 is 0 Å². The lowest BCUT2D eigenvalue weighted by atomic mass is 10.2. The van der Waals surface area contributed by atoms with Gasteiger partial charge in [0.15, 0.2) is 0 Å². The van der Waals surface area contributed by atoms with E-state index in [1.807, 2.05) is 23.9 Å². The molecular formula is C11H12N2O3S. The molecule has 5 nitrogen and oxygen atoms in total. The van der Waals surface area contributed by atoms with Gasteiger partial charge in [-0.3, -0.25) is 9.82 Å². The molecule has 0 spiro atoms. The average molecular weight is 252 g/mol. The molecule has 0 aliphatic carbocycles. The van der Waals surface area contributed by atoms with E-state index in [2.05, 4.69) is 9.82 Å². The zero-order valence-electron chi connectivity index (χ0n) is 9.47. The summed E-state index contributed by atoms with van der Waals surface area (Å²) in [5.41, 5.74) is 1.41. The number of sulfonamides is 1. The number of hydrogen-bond donors (Lipinski definition) is 1. The first kappa shape index (κ1) is 12.0. The van der Waals surface area contributed by atoms with E-state index < -0.39 is 10.0 Å². The highest BCUT2D eigenvalue weighted by molar-refractivity contribution is 7.89. The van der Waals surface area contributed by atoms with Crippen molar-refractivity contribution in [2.45, 2.75) is 11.8 Å². The topological polar surface area (TPSA) is 68.3 Å². The van der Waals surface area contributed by atoms with Crippen molar-refractivity contribution < 1.29 is 13.3 Å². The Morgan fingerprint density at radius 3 is 2.82 bits per heavy atom. The third-order valence-electron chi connectivity index (χ3n) is 2.29. The van der Waals surface area contributed by atoms with Gasteiger partial charge in [0.05, 0.1) is 12.6 Å². The average Bonchev–Trinajstić information content (AvgIpc) is 2.27. The Balaban J connectivity index is 2.71. The molecule has 2 rings (SSSR count). The molecule has 1 heterocycles. The first-order valence-corrected chi connectivity index (χ1v) is 6.43. The Kier molecular flexibility index (Phi) is 3.10. The van der Waals surface area contributed by atoms with E-state index in [0.29, 0.717) is 5.52 Å². The number of rotatable bonds is 3. The van der Waals surface area contributed by atoms with E-state index in [0.717, 1.165) is 10.9 Å². The number of nitrogens with one attached hydrogen (secondary N) is 1. The number of para-hydroxylation sites is 1. The van der Waals surface area contributed by atoms with Crippen molar-refractivity contribution in [3.05, 3.63) is 36.0 Å². The molecule has 1 N–H and O–H groups in total. The van der Waals surface area contributed by atoms with Crippen molar-refractivity contribution in [3.63, 3.8) is 0 Å². The van der Waals surface area contributed by atoms with E-state index in [1.54, 1.807) is 12.3 Å². The lowest BCUT2D eigenvalue weighted by molar-refractivity contribution is 0.153. The monoisotopic (exact) mass is 252 g/mol. The molecule has 0 amide bonds. The minimum absolute atomic E-state index is 0.108. The molecule has 0 saturated heterocycles. The van der Waals surface area contributed by atoms with Gasteiger partial charge in [-0.15, -0.1) is 0 Å². The van der Waals surface area contributed by atoms with Gasteiger partial charge in [-0.05, 0) is 24.6 Å². The second-order valence-corrected chi connectivity index (χ2v) is 5.24. The van der Waals surface area contributed by atoms with Crippen molar-refractivity contribution in [1.29, 1.82) is 0 Å². The third-order valence-corrected chi connectivity index (χ3v) is 3.59. The first-order valence-electron chi connectivity index (χ1n) is 4.95. The molecule has 0 saturated carbocycles. The fraction of sp³-hybridized carbons (Fsp3) is 0.182. The fourth-order valence-corrected chi connectivity index (χ4v) is 2.61. The van der Waals surface area contributed by atoms with Gasteiger partial charge in [0.2, 0.25) is 0 Å². The summed E-state index contributed by atoms with van der Waals surface area (Å²) in [6.07, 6.45) is 1.63. The van der Waals surface area contributed by atoms with Crippen LogP contribution in [0.2, 0.25) is 0 Å². The van der Waals surface area contributed by atoms with Crippen LogP contribution in [-0.4, -0.2) is 20.5 Å². The molecule has 1 aromatic carbocycles. The van der Waals surface area contributed by atoms with Gasteiger partial charge < -0.3 is 0 Å². The SMILES string of the molecule is CONS(=O)(=O)c1cccc2cc(C)cnc12. The molecule has 0 fully saturated rings. The highest BCUT2D eigenvalue weighted by Gasteiger charge is 2.17. The van der Waals surface area contributed by atoms with Crippen LogP contribution in [0.4, 0.5) is 0 Å². The quantitative estimate of drug-likeness (QED) is 0.838. The molecule has 0 bridgehead atoms. The predicted molar refractivity (Wildman–Crippen MR) is 63.8 cm³/mol. The van der Waals surface area contributed by atoms with Crippen LogP contribution in [-0.2, 0) is 14.9 Å². The van der Waals surface area contributed by atoms with Crippen LogP contribution in [0.1, 0.15) is 5.56 Å². The molecule has 17 heavy (non-hydrogen) atoms. The molecule has 0 radical (unpaired) electrons. The maximum Gasteiger partial charge on any atom is 0.264 e. The van der Waals surface area contributed by atoms with Gasteiger partial charge in [-0.2, -0.15) is 0 Å². The van der Waals surface area contributed by atoms with E-state index in [9.17, 15) is 8.42 Å². The van der Waals surface area contributed by atoms with E-state index >= 15 is 0 Å². The molecule has 0 aliphatic rings. The van der Waals surface area contributed by atoms with Crippen LogP contribution in [0, 0.1) is 6.92 Å². The van der Waals surface area contributed by atoms with E-state index in [1.165, 1.54) is 13.2 Å². The van der Waals surface area contributed by atoms with E-state index in [4.69, 9.17) is 0 Å². The van der Waals surface area contributed by atoms with E-state index in [-0.39, 0.29) is 4.90 Å². The number of aryl methyl sites for hydroxylation is 1. The zero-order valence-corrected chi connectivity index (χ0v) is 10.3. The minimum atomic E-state index is -3.68. The maximum atomic E-state index is 11.9. The van der Waals surface area contributed by atoms with Crippen molar-refractivity contribution in [2.24, 2.45) is 0 Å². The summed E-state index contributed by atoms with van der Waals surface area (Å²) in [5, 5.41) is 0.781. The molecule has 0 aliphatic heterocycles. The summed E-state index contributed by atoms with van der Waals surface area (Å²) in [6, 6.07) is 6.87. The van der Waals surface area contributed by atoms with Crippen LogP contribution in [0.5, 0.6) is 0 Å². The van der Waals surface area contributed by atoms with Crippen molar-refractivity contribution in [2.75, 3.05) is 7.11 Å². The van der Waals surface area contributed by atoms with Crippen molar-refractivity contribution in [1.82, 2.24) is 9.87 Å². The van der Waals surface area contributed by atoms with Crippen LogP contribution in [0.3, 0.4) is 0 Å². The Labute approximate surface area is 99.4 Å². The Morgan fingerprint density at radius 2 is 2.12 bits per heavy atom. The predicted octanol–water partition coefficient (Wildman–Crippen LogP) is 1.38. The smallest absolute Gasteiger partial charge is 0.264 e. The first-order chi connectivity index (χ1) is 8.04. The lowest BCUT2D eigenvalue weighted by Gasteiger charge is -2.07. The molecule has 0 atom stereocenters. The van der Waals surface area contributed by atoms with Crippen LogP contribution in [0.15, 0.2) is 35.4 Å². The molecule has 90 valence electrons. The van der Waals surface area contributed by atoms with Gasteiger partial charge in [0.1, 0.15) is 4.90 Å².